The van der Waals surface area contributed by atoms with Crippen LogP contribution in [-0.2, 0) is 17.8 Å². The second kappa shape index (κ2) is 5.73. The van der Waals surface area contributed by atoms with Crippen LogP contribution in [0.5, 0.6) is 0 Å². The second-order valence-corrected chi connectivity index (χ2v) is 5.91. The summed E-state index contributed by atoms with van der Waals surface area (Å²) in [5.41, 5.74) is 1.49. The summed E-state index contributed by atoms with van der Waals surface area (Å²) in [6.07, 6.45) is 3.18. The summed E-state index contributed by atoms with van der Waals surface area (Å²) >= 11 is 0. The van der Waals surface area contributed by atoms with E-state index in [0.717, 1.165) is 43.5 Å². The highest BCUT2D eigenvalue weighted by atomic mass is 19.1. The summed E-state index contributed by atoms with van der Waals surface area (Å²) in [6.45, 7) is 4.31. The molecule has 114 valence electrons. The van der Waals surface area contributed by atoms with Crippen molar-refractivity contribution in [1.82, 2.24) is 10.6 Å². The molecule has 4 nitrogen and oxygen atoms in total. The van der Waals surface area contributed by atoms with Crippen LogP contribution in [0.25, 0.3) is 0 Å². The molecular weight excluding hydrogens is 269 g/mol. The molecule has 2 heterocycles. The summed E-state index contributed by atoms with van der Waals surface area (Å²) in [6, 6.07) is 3.58. The Balaban J connectivity index is 1.83. The first kappa shape index (κ1) is 14.5. The molecule has 5 heteroatoms. The number of carbonyl (C=O) groups is 1. The van der Waals surface area contributed by atoms with Gasteiger partial charge in [0.05, 0.1) is 11.2 Å². The minimum Gasteiger partial charge on any atom is -0.322 e. The average Bonchev–Trinajstić information content (AvgIpc) is 3.00. The normalized spacial score (nSPS) is 24.7. The van der Waals surface area contributed by atoms with Crippen LogP contribution in [-0.4, -0.2) is 24.5 Å². The fourth-order valence-electron chi connectivity index (χ4n) is 3.33. The Hall–Kier alpha value is -1.46. The van der Waals surface area contributed by atoms with E-state index in [4.69, 9.17) is 0 Å². The standard InChI is InChI=1S/C16H22FN3O/c1-2-16(7-3-8-19-16)15(21)20-13-5-4-11-10-18-9-6-12(11)14(13)17/h4-5,18-19H,2-3,6-10H2,1H3,(H,20,21). The Bertz CT molecular complexity index is 553. The number of anilines is 1. The quantitative estimate of drug-likeness (QED) is 0.798. The molecular formula is C16H22FN3O. The Labute approximate surface area is 124 Å². The zero-order valence-corrected chi connectivity index (χ0v) is 12.4. The Morgan fingerprint density at radius 3 is 3.00 bits per heavy atom. The number of rotatable bonds is 3. The molecule has 1 amide bonds. The first-order chi connectivity index (χ1) is 10.2. The zero-order valence-electron chi connectivity index (χ0n) is 12.4. The van der Waals surface area contributed by atoms with Crippen molar-refractivity contribution in [3.8, 4) is 0 Å². The fourth-order valence-corrected chi connectivity index (χ4v) is 3.33. The number of fused-ring (bicyclic) bond motifs is 1. The van der Waals surface area contributed by atoms with Crippen LogP contribution in [0, 0.1) is 5.82 Å². The molecule has 3 rings (SSSR count). The largest absolute Gasteiger partial charge is 0.322 e. The summed E-state index contributed by atoms with van der Waals surface area (Å²) in [7, 11) is 0. The minimum atomic E-state index is -0.538. The van der Waals surface area contributed by atoms with E-state index in [0.29, 0.717) is 18.7 Å². The maximum Gasteiger partial charge on any atom is 0.244 e. The topological polar surface area (TPSA) is 53.2 Å². The van der Waals surface area contributed by atoms with E-state index < -0.39 is 5.54 Å². The zero-order chi connectivity index (χ0) is 14.9. The number of benzene rings is 1. The molecule has 1 fully saturated rings. The molecule has 21 heavy (non-hydrogen) atoms. The third-order valence-electron chi connectivity index (χ3n) is 4.74. The van der Waals surface area contributed by atoms with Crippen LogP contribution in [0.2, 0.25) is 0 Å². The molecule has 1 atom stereocenters. The van der Waals surface area contributed by atoms with Crippen LogP contribution in [0.4, 0.5) is 10.1 Å². The smallest absolute Gasteiger partial charge is 0.244 e. The highest BCUT2D eigenvalue weighted by Gasteiger charge is 2.39. The molecule has 1 aromatic carbocycles. The number of halogens is 1. The van der Waals surface area contributed by atoms with Gasteiger partial charge in [0.1, 0.15) is 5.82 Å². The van der Waals surface area contributed by atoms with Crippen LogP contribution >= 0.6 is 0 Å². The molecule has 0 saturated carbocycles. The van der Waals surface area contributed by atoms with Gasteiger partial charge >= 0.3 is 0 Å². The molecule has 0 aliphatic carbocycles. The number of hydrogen-bond donors (Lipinski definition) is 3. The summed E-state index contributed by atoms with van der Waals surface area (Å²) in [5, 5.41) is 9.30. The molecule has 0 bridgehead atoms. The van der Waals surface area contributed by atoms with E-state index in [1.165, 1.54) is 0 Å². The third kappa shape index (κ3) is 2.56. The van der Waals surface area contributed by atoms with Crippen molar-refractivity contribution in [1.29, 1.82) is 0 Å². The van der Waals surface area contributed by atoms with Crippen molar-refractivity contribution in [2.75, 3.05) is 18.4 Å². The summed E-state index contributed by atoms with van der Waals surface area (Å²) in [4.78, 5) is 12.5. The first-order valence-electron chi connectivity index (χ1n) is 7.74. The number of amides is 1. The van der Waals surface area contributed by atoms with Gasteiger partial charge in [-0.1, -0.05) is 13.0 Å². The van der Waals surface area contributed by atoms with E-state index in [-0.39, 0.29) is 11.7 Å². The fraction of sp³-hybridized carbons (Fsp3) is 0.562. The van der Waals surface area contributed by atoms with Crippen molar-refractivity contribution in [2.45, 2.75) is 44.7 Å². The van der Waals surface area contributed by atoms with Gasteiger partial charge < -0.3 is 16.0 Å². The Morgan fingerprint density at radius 2 is 2.29 bits per heavy atom. The van der Waals surface area contributed by atoms with E-state index >= 15 is 0 Å². The number of nitrogens with one attached hydrogen (secondary N) is 3. The van der Waals surface area contributed by atoms with E-state index in [1.54, 1.807) is 6.07 Å². The van der Waals surface area contributed by atoms with Gasteiger partial charge in [-0.25, -0.2) is 4.39 Å². The summed E-state index contributed by atoms with van der Waals surface area (Å²) in [5.74, 6) is -0.387. The molecule has 1 unspecified atom stereocenters. The maximum absolute atomic E-state index is 14.6. The monoisotopic (exact) mass is 291 g/mol. The van der Waals surface area contributed by atoms with Gasteiger partial charge in [0.2, 0.25) is 5.91 Å². The molecule has 0 radical (unpaired) electrons. The van der Waals surface area contributed by atoms with Crippen molar-refractivity contribution in [2.24, 2.45) is 0 Å². The van der Waals surface area contributed by atoms with Gasteiger partial charge in [-0.15, -0.1) is 0 Å². The van der Waals surface area contributed by atoms with E-state index in [2.05, 4.69) is 16.0 Å². The Morgan fingerprint density at radius 1 is 1.43 bits per heavy atom. The minimum absolute atomic E-state index is 0.115. The van der Waals surface area contributed by atoms with Crippen LogP contribution in [0.15, 0.2) is 12.1 Å². The molecule has 1 aromatic rings. The molecule has 2 aliphatic rings. The third-order valence-corrected chi connectivity index (χ3v) is 4.74. The van der Waals surface area contributed by atoms with Crippen LogP contribution in [0.3, 0.4) is 0 Å². The van der Waals surface area contributed by atoms with Crippen LogP contribution in [0.1, 0.15) is 37.3 Å². The van der Waals surface area contributed by atoms with E-state index in [9.17, 15) is 9.18 Å². The predicted octanol–water partition coefficient (Wildman–Crippen LogP) is 1.94. The molecule has 1 saturated heterocycles. The van der Waals surface area contributed by atoms with Crippen molar-refractivity contribution < 1.29 is 9.18 Å². The second-order valence-electron chi connectivity index (χ2n) is 5.91. The van der Waals surface area contributed by atoms with Gasteiger partial charge in [0, 0.05) is 6.54 Å². The summed E-state index contributed by atoms with van der Waals surface area (Å²) < 4.78 is 14.6. The number of carbonyl (C=O) groups excluding carboxylic acids is 1. The predicted molar refractivity (Wildman–Crippen MR) is 80.7 cm³/mol. The lowest BCUT2D eigenvalue weighted by Gasteiger charge is -2.27. The van der Waals surface area contributed by atoms with Crippen molar-refractivity contribution in [3.05, 3.63) is 29.1 Å². The molecule has 0 spiro atoms. The van der Waals surface area contributed by atoms with Gasteiger partial charge in [-0.05, 0) is 56.0 Å². The Kier molecular flexibility index (Phi) is 3.95. The van der Waals surface area contributed by atoms with E-state index in [1.807, 2.05) is 13.0 Å². The van der Waals surface area contributed by atoms with Crippen molar-refractivity contribution >= 4 is 11.6 Å². The average molecular weight is 291 g/mol. The van der Waals surface area contributed by atoms with Crippen molar-refractivity contribution in [3.63, 3.8) is 0 Å². The van der Waals surface area contributed by atoms with Gasteiger partial charge in [-0.2, -0.15) is 0 Å². The molecule has 0 aromatic heterocycles. The SMILES string of the molecule is CCC1(C(=O)Nc2ccc3c(c2F)CCNC3)CCCN1. The van der Waals surface area contributed by atoms with Gasteiger partial charge in [0.25, 0.3) is 0 Å². The molecule has 2 aliphatic heterocycles. The number of hydrogen-bond acceptors (Lipinski definition) is 3. The maximum atomic E-state index is 14.6. The highest BCUT2D eigenvalue weighted by molar-refractivity contribution is 5.98. The molecule has 3 N–H and O–H groups in total. The lowest BCUT2D eigenvalue weighted by Crippen LogP contribution is -2.50. The van der Waals surface area contributed by atoms with Gasteiger partial charge in [0.15, 0.2) is 0 Å². The lowest BCUT2D eigenvalue weighted by molar-refractivity contribution is -0.122. The van der Waals surface area contributed by atoms with Gasteiger partial charge in [-0.3, -0.25) is 4.79 Å². The lowest BCUT2D eigenvalue weighted by atomic mass is 9.92. The van der Waals surface area contributed by atoms with Crippen LogP contribution < -0.4 is 16.0 Å². The highest BCUT2D eigenvalue weighted by Crippen LogP contribution is 2.28. The first-order valence-corrected chi connectivity index (χ1v) is 7.74.